The van der Waals surface area contributed by atoms with Gasteiger partial charge >= 0.3 is 5.97 Å². The summed E-state index contributed by atoms with van der Waals surface area (Å²) in [4.78, 5) is 10.4. The molecule has 82 valence electrons. The number of rotatable bonds is 6. The molecule has 0 aromatic heterocycles. The summed E-state index contributed by atoms with van der Waals surface area (Å²) in [7, 11) is 0. The van der Waals surface area contributed by atoms with Crippen molar-refractivity contribution in [2.24, 2.45) is 0 Å². The third kappa shape index (κ3) is 5.72. The smallest absolute Gasteiger partial charge is 0.330 e. The highest BCUT2D eigenvalue weighted by molar-refractivity contribution is 5.85. The van der Waals surface area contributed by atoms with Gasteiger partial charge in [-0.05, 0) is 20.3 Å². The molecule has 4 nitrogen and oxygen atoms in total. The van der Waals surface area contributed by atoms with Gasteiger partial charge in [0.05, 0.1) is 5.60 Å². The fourth-order valence-electron chi connectivity index (χ4n) is 0.779. The highest BCUT2D eigenvalue weighted by Gasteiger charge is 2.15. The summed E-state index contributed by atoms with van der Waals surface area (Å²) in [5.41, 5.74) is -0.404. The third-order valence-corrected chi connectivity index (χ3v) is 2.16. The molecule has 0 amide bonds. The summed E-state index contributed by atoms with van der Waals surface area (Å²) < 4.78 is 0. The van der Waals surface area contributed by atoms with Crippen molar-refractivity contribution in [3.63, 3.8) is 0 Å². The molecular weight excluding hydrogens is 182 g/mol. The van der Waals surface area contributed by atoms with Crippen molar-refractivity contribution < 1.29 is 15.0 Å². The largest absolute Gasteiger partial charge is 0.478 e. The summed E-state index contributed by atoms with van der Waals surface area (Å²) in [6.07, 6.45) is 2.26. The van der Waals surface area contributed by atoms with Gasteiger partial charge in [0.1, 0.15) is 0 Å². The molecular formula is C10H19NO3. The van der Waals surface area contributed by atoms with Crippen molar-refractivity contribution in [3.8, 4) is 0 Å². The van der Waals surface area contributed by atoms with E-state index in [1.807, 2.05) is 6.92 Å². The molecule has 4 heteroatoms. The molecule has 0 saturated heterocycles. The van der Waals surface area contributed by atoms with E-state index in [4.69, 9.17) is 5.11 Å². The maximum absolute atomic E-state index is 10.4. The second-order valence-electron chi connectivity index (χ2n) is 3.67. The van der Waals surface area contributed by atoms with E-state index >= 15 is 0 Å². The lowest BCUT2D eigenvalue weighted by molar-refractivity contribution is -0.132. The molecule has 0 spiro atoms. The average Bonchev–Trinajstić information content (AvgIpc) is 2.12. The first-order valence-electron chi connectivity index (χ1n) is 4.72. The fraction of sp³-hybridized carbons (Fsp3) is 0.700. The van der Waals surface area contributed by atoms with Crippen LogP contribution < -0.4 is 5.32 Å². The first-order chi connectivity index (χ1) is 6.39. The van der Waals surface area contributed by atoms with Gasteiger partial charge in [-0.3, -0.25) is 0 Å². The lowest BCUT2D eigenvalue weighted by Crippen LogP contribution is -2.37. The normalized spacial score (nSPS) is 16.4. The Balaban J connectivity index is 3.76. The maximum atomic E-state index is 10.4. The second-order valence-corrected chi connectivity index (χ2v) is 3.67. The SMILES string of the molecule is CCC(C)(O)CNC/C=C(/C)C(=O)O. The van der Waals surface area contributed by atoms with Crippen LogP contribution in [0.25, 0.3) is 0 Å². The van der Waals surface area contributed by atoms with Gasteiger partial charge in [0.15, 0.2) is 0 Å². The average molecular weight is 201 g/mol. The summed E-state index contributed by atoms with van der Waals surface area (Å²) in [6, 6.07) is 0. The maximum Gasteiger partial charge on any atom is 0.330 e. The molecule has 0 heterocycles. The van der Waals surface area contributed by atoms with E-state index in [-0.39, 0.29) is 0 Å². The molecule has 3 N–H and O–H groups in total. The van der Waals surface area contributed by atoms with E-state index in [9.17, 15) is 9.90 Å². The second kappa shape index (κ2) is 5.78. The van der Waals surface area contributed by atoms with Crippen molar-refractivity contribution in [1.29, 1.82) is 0 Å². The minimum absolute atomic E-state index is 0.314. The Hall–Kier alpha value is -0.870. The zero-order valence-corrected chi connectivity index (χ0v) is 9.00. The first kappa shape index (κ1) is 13.1. The van der Waals surface area contributed by atoms with Gasteiger partial charge in [-0.25, -0.2) is 4.79 Å². The van der Waals surface area contributed by atoms with E-state index in [1.54, 1.807) is 19.9 Å². The van der Waals surface area contributed by atoms with Crippen LogP contribution >= 0.6 is 0 Å². The molecule has 0 fully saturated rings. The summed E-state index contributed by atoms with van der Waals surface area (Å²) in [6.45, 7) is 6.12. The monoisotopic (exact) mass is 201 g/mol. The quantitative estimate of drug-likeness (QED) is 0.438. The van der Waals surface area contributed by atoms with E-state index in [0.717, 1.165) is 0 Å². The van der Waals surface area contributed by atoms with Gasteiger partial charge in [0.25, 0.3) is 0 Å². The molecule has 0 aromatic rings. The lowest BCUT2D eigenvalue weighted by atomic mass is 10.0. The highest BCUT2D eigenvalue weighted by atomic mass is 16.4. The van der Waals surface area contributed by atoms with Crippen molar-refractivity contribution in [2.45, 2.75) is 32.8 Å². The van der Waals surface area contributed by atoms with Gasteiger partial charge in [-0.2, -0.15) is 0 Å². The zero-order valence-electron chi connectivity index (χ0n) is 9.00. The van der Waals surface area contributed by atoms with E-state index in [1.165, 1.54) is 0 Å². The molecule has 0 aliphatic carbocycles. The summed E-state index contributed by atoms with van der Waals surface area (Å²) in [5, 5.41) is 21.1. The minimum Gasteiger partial charge on any atom is -0.478 e. The van der Waals surface area contributed by atoms with Gasteiger partial charge in [0.2, 0.25) is 0 Å². The Morgan fingerprint density at radius 1 is 1.57 bits per heavy atom. The number of nitrogens with one attached hydrogen (secondary N) is 1. The highest BCUT2D eigenvalue weighted by Crippen LogP contribution is 2.05. The van der Waals surface area contributed by atoms with Crippen LogP contribution in [0.4, 0.5) is 0 Å². The molecule has 1 unspecified atom stereocenters. The predicted octanol–water partition coefficient (Wildman–Crippen LogP) is 0.768. The van der Waals surface area contributed by atoms with Crippen LogP contribution in [0.15, 0.2) is 11.6 Å². The standard InChI is InChI=1S/C10H19NO3/c1-4-10(3,14)7-11-6-5-8(2)9(12)13/h5,11,14H,4,6-7H2,1-3H3,(H,12,13)/b8-5-. The molecule has 0 saturated carbocycles. The molecule has 0 aliphatic heterocycles. The minimum atomic E-state index is -0.908. The van der Waals surface area contributed by atoms with Gasteiger partial charge in [0, 0.05) is 18.7 Å². The number of aliphatic hydroxyl groups is 1. The van der Waals surface area contributed by atoms with Gasteiger partial charge in [-0.1, -0.05) is 13.0 Å². The van der Waals surface area contributed by atoms with Crippen molar-refractivity contribution in [2.75, 3.05) is 13.1 Å². The molecule has 0 aromatic carbocycles. The fourth-order valence-corrected chi connectivity index (χ4v) is 0.779. The topological polar surface area (TPSA) is 69.6 Å². The molecule has 1 atom stereocenters. The Labute approximate surface area is 84.6 Å². The number of aliphatic carboxylic acids is 1. The number of hydrogen-bond acceptors (Lipinski definition) is 3. The van der Waals surface area contributed by atoms with Crippen LogP contribution in [0, 0.1) is 0 Å². The lowest BCUT2D eigenvalue weighted by Gasteiger charge is -2.21. The van der Waals surface area contributed by atoms with Crippen molar-refractivity contribution in [3.05, 3.63) is 11.6 Å². The van der Waals surface area contributed by atoms with Crippen LogP contribution in [0.3, 0.4) is 0 Å². The third-order valence-electron chi connectivity index (χ3n) is 2.16. The summed E-state index contributed by atoms with van der Waals surface area (Å²) in [5.74, 6) is -0.908. The molecule has 0 aliphatic rings. The van der Waals surface area contributed by atoms with Crippen LogP contribution in [-0.4, -0.2) is 34.9 Å². The number of carboxylic acid groups (broad SMARTS) is 1. The number of carboxylic acids is 1. The molecule has 0 rings (SSSR count). The Bertz CT molecular complexity index is 221. The summed E-state index contributed by atoms with van der Waals surface area (Å²) >= 11 is 0. The van der Waals surface area contributed by atoms with Crippen LogP contribution in [0.2, 0.25) is 0 Å². The Morgan fingerprint density at radius 3 is 2.57 bits per heavy atom. The molecule has 0 bridgehead atoms. The number of hydrogen-bond donors (Lipinski definition) is 3. The number of carbonyl (C=O) groups is 1. The molecule has 14 heavy (non-hydrogen) atoms. The van der Waals surface area contributed by atoms with E-state index in [0.29, 0.717) is 25.1 Å². The Morgan fingerprint density at radius 2 is 2.14 bits per heavy atom. The van der Waals surface area contributed by atoms with Crippen LogP contribution in [0.5, 0.6) is 0 Å². The van der Waals surface area contributed by atoms with Crippen LogP contribution in [0.1, 0.15) is 27.2 Å². The van der Waals surface area contributed by atoms with E-state index < -0.39 is 11.6 Å². The predicted molar refractivity (Wildman–Crippen MR) is 55.2 cm³/mol. The van der Waals surface area contributed by atoms with E-state index in [2.05, 4.69) is 5.32 Å². The van der Waals surface area contributed by atoms with Crippen molar-refractivity contribution >= 4 is 5.97 Å². The molecule has 0 radical (unpaired) electrons. The zero-order chi connectivity index (χ0) is 11.2. The van der Waals surface area contributed by atoms with Gasteiger partial charge < -0.3 is 15.5 Å². The van der Waals surface area contributed by atoms with Gasteiger partial charge in [-0.15, -0.1) is 0 Å². The first-order valence-corrected chi connectivity index (χ1v) is 4.72. The van der Waals surface area contributed by atoms with Crippen molar-refractivity contribution in [1.82, 2.24) is 5.32 Å². The Kier molecular flexibility index (Phi) is 5.42. The van der Waals surface area contributed by atoms with Crippen LogP contribution in [-0.2, 0) is 4.79 Å².